The van der Waals surface area contributed by atoms with Gasteiger partial charge in [0, 0.05) is 0 Å². The summed E-state index contributed by atoms with van der Waals surface area (Å²) >= 11 is 0. The zero-order chi connectivity index (χ0) is 9.23. The van der Waals surface area contributed by atoms with Crippen molar-refractivity contribution in [2.24, 2.45) is 11.3 Å². The van der Waals surface area contributed by atoms with Gasteiger partial charge in [0.15, 0.2) is 0 Å². The summed E-state index contributed by atoms with van der Waals surface area (Å²) in [5.74, 6) is 0.687. The highest BCUT2D eigenvalue weighted by Gasteiger charge is 2.21. The molecule has 0 amide bonds. The predicted molar refractivity (Wildman–Crippen MR) is 52.7 cm³/mol. The standard InChI is InChI=1S/C11H22/c1-8(2)9(3)10(4)11(5,6)7/h10H,1-7H3. The molecule has 0 N–H and O–H groups in total. The maximum Gasteiger partial charge on any atom is -0.0183 e. The van der Waals surface area contributed by atoms with E-state index in [4.69, 9.17) is 0 Å². The van der Waals surface area contributed by atoms with E-state index in [0.29, 0.717) is 11.3 Å². The Morgan fingerprint density at radius 2 is 1.36 bits per heavy atom. The van der Waals surface area contributed by atoms with E-state index in [1.165, 1.54) is 11.1 Å². The van der Waals surface area contributed by atoms with E-state index in [9.17, 15) is 0 Å². The summed E-state index contributed by atoms with van der Waals surface area (Å²) in [6.07, 6.45) is 0. The average molecular weight is 154 g/mol. The second-order valence-electron chi connectivity index (χ2n) is 4.77. The molecule has 0 heterocycles. The molecule has 0 rings (SSSR count). The molecular formula is C11H22. The third-order valence-electron chi connectivity index (χ3n) is 2.74. The molecule has 0 saturated carbocycles. The molecule has 11 heavy (non-hydrogen) atoms. The zero-order valence-corrected chi connectivity index (χ0v) is 9.08. The molecule has 0 aromatic rings. The Morgan fingerprint density at radius 3 is 1.45 bits per heavy atom. The van der Waals surface area contributed by atoms with E-state index < -0.39 is 0 Å². The third-order valence-corrected chi connectivity index (χ3v) is 2.74. The minimum Gasteiger partial charge on any atom is -0.0772 e. The van der Waals surface area contributed by atoms with Gasteiger partial charge in [-0.2, -0.15) is 0 Å². The zero-order valence-electron chi connectivity index (χ0n) is 9.08. The summed E-state index contributed by atoms with van der Waals surface area (Å²) in [7, 11) is 0. The molecule has 66 valence electrons. The first kappa shape index (κ1) is 10.7. The van der Waals surface area contributed by atoms with Crippen LogP contribution in [0.4, 0.5) is 0 Å². The molecule has 0 saturated heterocycles. The highest BCUT2D eigenvalue weighted by atomic mass is 14.3. The Hall–Kier alpha value is -0.260. The lowest BCUT2D eigenvalue weighted by Crippen LogP contribution is -2.18. The van der Waals surface area contributed by atoms with Crippen LogP contribution in [0.5, 0.6) is 0 Å². The first-order chi connectivity index (χ1) is 4.76. The van der Waals surface area contributed by atoms with Crippen molar-refractivity contribution in [2.45, 2.75) is 48.5 Å². The summed E-state index contributed by atoms with van der Waals surface area (Å²) in [6.45, 7) is 15.8. The van der Waals surface area contributed by atoms with Gasteiger partial charge in [0.1, 0.15) is 0 Å². The van der Waals surface area contributed by atoms with Crippen LogP contribution in [0.1, 0.15) is 48.5 Å². The fourth-order valence-electron chi connectivity index (χ4n) is 1.08. The van der Waals surface area contributed by atoms with E-state index in [2.05, 4.69) is 48.5 Å². The predicted octanol–water partition coefficient (Wildman–Crippen LogP) is 4.02. The van der Waals surface area contributed by atoms with Crippen LogP contribution < -0.4 is 0 Å². The van der Waals surface area contributed by atoms with Crippen LogP contribution in [0.15, 0.2) is 11.1 Å². The molecule has 0 fully saturated rings. The number of hydrogen-bond donors (Lipinski definition) is 0. The minimum absolute atomic E-state index is 0.404. The Balaban J connectivity index is 4.52. The molecule has 1 atom stereocenters. The number of rotatable bonds is 1. The largest absolute Gasteiger partial charge is 0.0772 e. The SMILES string of the molecule is CC(C)=C(C)C(C)C(C)(C)C. The van der Waals surface area contributed by atoms with Crippen LogP contribution in [-0.4, -0.2) is 0 Å². The maximum absolute atomic E-state index is 2.31. The van der Waals surface area contributed by atoms with Gasteiger partial charge in [-0.3, -0.25) is 0 Å². The van der Waals surface area contributed by atoms with Crippen molar-refractivity contribution in [1.29, 1.82) is 0 Å². The van der Waals surface area contributed by atoms with Gasteiger partial charge in [-0.1, -0.05) is 38.8 Å². The molecule has 0 aromatic carbocycles. The first-order valence-electron chi connectivity index (χ1n) is 4.40. The van der Waals surface area contributed by atoms with Crippen LogP contribution in [0.25, 0.3) is 0 Å². The van der Waals surface area contributed by atoms with Gasteiger partial charge >= 0.3 is 0 Å². The normalized spacial score (nSPS) is 14.5. The summed E-state index contributed by atoms with van der Waals surface area (Å²) in [4.78, 5) is 0. The van der Waals surface area contributed by atoms with E-state index >= 15 is 0 Å². The highest BCUT2D eigenvalue weighted by Crippen LogP contribution is 2.32. The molecule has 0 bridgehead atoms. The summed E-state index contributed by atoms with van der Waals surface area (Å²) in [5, 5.41) is 0. The molecule has 1 unspecified atom stereocenters. The molecule has 0 heteroatoms. The lowest BCUT2D eigenvalue weighted by Gasteiger charge is -2.29. The Labute approximate surface area is 71.7 Å². The van der Waals surface area contributed by atoms with Crippen molar-refractivity contribution >= 4 is 0 Å². The van der Waals surface area contributed by atoms with Crippen molar-refractivity contribution < 1.29 is 0 Å². The topological polar surface area (TPSA) is 0 Å². The van der Waals surface area contributed by atoms with E-state index in [1.54, 1.807) is 0 Å². The monoisotopic (exact) mass is 154 g/mol. The molecule has 0 aliphatic carbocycles. The van der Waals surface area contributed by atoms with Crippen LogP contribution in [0, 0.1) is 11.3 Å². The first-order valence-corrected chi connectivity index (χ1v) is 4.40. The van der Waals surface area contributed by atoms with Gasteiger partial charge in [-0.15, -0.1) is 0 Å². The lowest BCUT2D eigenvalue weighted by molar-refractivity contribution is 0.299. The Bertz CT molecular complexity index is 151. The van der Waals surface area contributed by atoms with Crippen LogP contribution in [0.2, 0.25) is 0 Å². The summed E-state index contributed by atoms with van der Waals surface area (Å²) in [5.41, 5.74) is 3.41. The highest BCUT2D eigenvalue weighted by molar-refractivity contribution is 5.11. The van der Waals surface area contributed by atoms with Crippen LogP contribution in [0.3, 0.4) is 0 Å². The molecule has 0 nitrogen and oxygen atoms in total. The van der Waals surface area contributed by atoms with Gasteiger partial charge in [-0.25, -0.2) is 0 Å². The molecule has 0 aromatic heterocycles. The van der Waals surface area contributed by atoms with E-state index in [-0.39, 0.29) is 0 Å². The third kappa shape index (κ3) is 3.09. The smallest absolute Gasteiger partial charge is 0.0183 e. The lowest BCUT2D eigenvalue weighted by atomic mass is 9.77. The molecule has 0 aliphatic heterocycles. The second-order valence-corrected chi connectivity index (χ2v) is 4.77. The molecular weight excluding hydrogens is 132 g/mol. The van der Waals surface area contributed by atoms with Crippen LogP contribution in [-0.2, 0) is 0 Å². The quantitative estimate of drug-likeness (QED) is 0.500. The van der Waals surface area contributed by atoms with E-state index in [1.807, 2.05) is 0 Å². The second kappa shape index (κ2) is 3.42. The van der Waals surface area contributed by atoms with Crippen molar-refractivity contribution in [3.63, 3.8) is 0 Å². The van der Waals surface area contributed by atoms with Gasteiger partial charge in [0.05, 0.1) is 0 Å². The van der Waals surface area contributed by atoms with Gasteiger partial charge < -0.3 is 0 Å². The maximum atomic E-state index is 2.31. The number of allylic oxidation sites excluding steroid dienone is 2. The summed E-state index contributed by atoms with van der Waals surface area (Å²) in [6, 6.07) is 0. The van der Waals surface area contributed by atoms with Gasteiger partial charge in [0.2, 0.25) is 0 Å². The van der Waals surface area contributed by atoms with E-state index in [0.717, 1.165) is 0 Å². The van der Waals surface area contributed by atoms with Crippen molar-refractivity contribution in [3.05, 3.63) is 11.1 Å². The summed E-state index contributed by atoms with van der Waals surface area (Å²) < 4.78 is 0. The van der Waals surface area contributed by atoms with Crippen molar-refractivity contribution in [3.8, 4) is 0 Å². The Kier molecular flexibility index (Phi) is 3.34. The van der Waals surface area contributed by atoms with Crippen molar-refractivity contribution in [1.82, 2.24) is 0 Å². The molecule has 0 spiro atoms. The Morgan fingerprint density at radius 1 is 1.00 bits per heavy atom. The van der Waals surface area contributed by atoms with Crippen molar-refractivity contribution in [2.75, 3.05) is 0 Å². The fraction of sp³-hybridized carbons (Fsp3) is 0.818. The average Bonchev–Trinajstić information content (AvgIpc) is 1.82. The fourth-order valence-corrected chi connectivity index (χ4v) is 1.08. The molecule has 0 radical (unpaired) electrons. The van der Waals surface area contributed by atoms with Gasteiger partial charge in [-0.05, 0) is 32.1 Å². The van der Waals surface area contributed by atoms with Crippen LogP contribution >= 0.6 is 0 Å². The van der Waals surface area contributed by atoms with Gasteiger partial charge in [0.25, 0.3) is 0 Å². The molecule has 0 aliphatic rings. The number of hydrogen-bond acceptors (Lipinski definition) is 0. The minimum atomic E-state index is 0.404.